The lowest BCUT2D eigenvalue weighted by Gasteiger charge is -2.33. The standard InChI is InChI=1S/C24H33N5O3/c1-17(2)15-32-21-7-5-19(6-8-21)13-29(14-20-16-31-18(3)25-20)23-26-22(30)24(27-23)9-11-28(4)12-10-24/h5-8,16-17H,9-15H2,1-4H3,(H,26,27,30). The predicted octanol–water partition coefficient (Wildman–Crippen LogP) is 2.97. The highest BCUT2D eigenvalue weighted by atomic mass is 16.5. The zero-order chi connectivity index (χ0) is 22.7. The number of aromatic nitrogens is 1. The predicted molar refractivity (Wildman–Crippen MR) is 122 cm³/mol. The number of oxazole rings is 1. The Bertz CT molecular complexity index is 958. The summed E-state index contributed by atoms with van der Waals surface area (Å²) in [5.74, 6) is 2.57. The van der Waals surface area contributed by atoms with E-state index in [1.165, 1.54) is 0 Å². The van der Waals surface area contributed by atoms with Crippen molar-refractivity contribution < 1.29 is 13.9 Å². The maximum atomic E-state index is 12.9. The Kier molecular flexibility index (Phi) is 6.50. The third-order valence-corrected chi connectivity index (χ3v) is 5.98. The van der Waals surface area contributed by atoms with Crippen molar-refractivity contribution in [2.24, 2.45) is 10.9 Å². The van der Waals surface area contributed by atoms with Gasteiger partial charge in [0.25, 0.3) is 5.91 Å². The van der Waals surface area contributed by atoms with E-state index in [2.05, 4.69) is 53.1 Å². The Morgan fingerprint density at radius 1 is 1.22 bits per heavy atom. The second-order valence-electron chi connectivity index (χ2n) is 9.29. The fourth-order valence-corrected chi connectivity index (χ4v) is 4.03. The molecule has 0 saturated carbocycles. The number of ether oxygens (including phenoxy) is 1. The number of nitrogens with zero attached hydrogens (tertiary/aromatic N) is 4. The molecule has 3 heterocycles. The van der Waals surface area contributed by atoms with Crippen LogP contribution in [0.5, 0.6) is 5.75 Å². The Labute approximate surface area is 189 Å². The van der Waals surface area contributed by atoms with Crippen molar-refractivity contribution in [3.63, 3.8) is 0 Å². The molecule has 0 bridgehead atoms. The molecule has 2 aromatic rings. The quantitative estimate of drug-likeness (QED) is 0.714. The smallest absolute Gasteiger partial charge is 0.254 e. The third kappa shape index (κ3) is 5.12. The van der Waals surface area contributed by atoms with Gasteiger partial charge in [-0.15, -0.1) is 0 Å². The number of likely N-dealkylation sites (tertiary alicyclic amines) is 1. The minimum absolute atomic E-state index is 0.000586. The molecule has 1 N–H and O–H groups in total. The van der Waals surface area contributed by atoms with E-state index in [1.54, 1.807) is 6.26 Å². The van der Waals surface area contributed by atoms with Crippen LogP contribution in [-0.4, -0.2) is 58.9 Å². The summed E-state index contributed by atoms with van der Waals surface area (Å²) in [6.45, 7) is 9.60. The van der Waals surface area contributed by atoms with Gasteiger partial charge in [0.1, 0.15) is 17.6 Å². The fraction of sp³-hybridized carbons (Fsp3) is 0.542. The Morgan fingerprint density at radius 3 is 2.56 bits per heavy atom. The molecule has 4 rings (SSSR count). The number of hydrogen-bond acceptors (Lipinski definition) is 7. The van der Waals surface area contributed by atoms with Crippen LogP contribution in [-0.2, 0) is 17.9 Å². The number of guanidine groups is 1. The average Bonchev–Trinajstić information content (AvgIpc) is 3.32. The van der Waals surface area contributed by atoms with E-state index in [9.17, 15) is 4.79 Å². The van der Waals surface area contributed by atoms with Crippen molar-refractivity contribution in [1.82, 2.24) is 20.1 Å². The van der Waals surface area contributed by atoms with Gasteiger partial charge in [-0.2, -0.15) is 0 Å². The Hall–Kier alpha value is -2.87. The number of amides is 1. The van der Waals surface area contributed by atoms with Gasteiger partial charge in [-0.3, -0.25) is 10.1 Å². The Morgan fingerprint density at radius 2 is 1.94 bits per heavy atom. The van der Waals surface area contributed by atoms with E-state index in [0.717, 1.165) is 42.9 Å². The lowest BCUT2D eigenvalue weighted by molar-refractivity contribution is -0.125. The Balaban J connectivity index is 1.53. The highest BCUT2D eigenvalue weighted by Gasteiger charge is 2.46. The second kappa shape index (κ2) is 9.32. The van der Waals surface area contributed by atoms with E-state index in [1.807, 2.05) is 19.1 Å². The summed E-state index contributed by atoms with van der Waals surface area (Å²) in [4.78, 5) is 26.6. The summed E-state index contributed by atoms with van der Waals surface area (Å²) in [5.41, 5.74) is 1.25. The van der Waals surface area contributed by atoms with Crippen LogP contribution in [0.1, 0.15) is 43.8 Å². The van der Waals surface area contributed by atoms with Gasteiger partial charge in [0.2, 0.25) is 5.96 Å². The largest absolute Gasteiger partial charge is 0.493 e. The number of carbonyl (C=O) groups is 1. The highest BCUT2D eigenvalue weighted by molar-refractivity contribution is 6.07. The molecule has 8 nitrogen and oxygen atoms in total. The van der Waals surface area contributed by atoms with E-state index >= 15 is 0 Å². The summed E-state index contributed by atoms with van der Waals surface area (Å²) in [5, 5.41) is 3.06. The first-order chi connectivity index (χ1) is 15.3. The first kappa shape index (κ1) is 22.3. The van der Waals surface area contributed by atoms with Crippen molar-refractivity contribution in [1.29, 1.82) is 0 Å². The SMILES string of the molecule is Cc1nc(CN(Cc2ccc(OCC(C)C)cc2)C2=NC3(CCN(C)CC3)C(=O)N2)co1. The molecular weight excluding hydrogens is 406 g/mol. The summed E-state index contributed by atoms with van der Waals surface area (Å²) in [6, 6.07) is 8.09. The average molecular weight is 440 g/mol. The van der Waals surface area contributed by atoms with Gasteiger partial charge in [-0.25, -0.2) is 9.98 Å². The molecule has 8 heteroatoms. The number of aliphatic imine (C=N–C) groups is 1. The molecule has 172 valence electrons. The highest BCUT2D eigenvalue weighted by Crippen LogP contribution is 2.30. The molecular formula is C24H33N5O3. The summed E-state index contributed by atoms with van der Waals surface area (Å²) in [7, 11) is 2.08. The zero-order valence-electron chi connectivity index (χ0n) is 19.4. The molecule has 1 amide bonds. The van der Waals surface area contributed by atoms with Gasteiger partial charge in [0, 0.05) is 26.6 Å². The van der Waals surface area contributed by atoms with E-state index in [4.69, 9.17) is 14.1 Å². The van der Waals surface area contributed by atoms with Crippen LogP contribution in [0.4, 0.5) is 0 Å². The third-order valence-electron chi connectivity index (χ3n) is 5.98. The van der Waals surface area contributed by atoms with Crippen molar-refractivity contribution in [3.8, 4) is 5.75 Å². The van der Waals surface area contributed by atoms with Crippen LogP contribution >= 0.6 is 0 Å². The van der Waals surface area contributed by atoms with Crippen molar-refractivity contribution >= 4 is 11.9 Å². The van der Waals surface area contributed by atoms with Crippen LogP contribution in [0.15, 0.2) is 39.9 Å². The molecule has 2 aliphatic rings. The van der Waals surface area contributed by atoms with E-state index < -0.39 is 5.54 Å². The number of carbonyl (C=O) groups excluding carboxylic acids is 1. The van der Waals surface area contributed by atoms with Gasteiger partial charge in [-0.05, 0) is 43.5 Å². The van der Waals surface area contributed by atoms with Gasteiger partial charge in [0.05, 0.1) is 18.8 Å². The maximum absolute atomic E-state index is 12.9. The normalized spacial score (nSPS) is 18.2. The number of rotatable bonds is 7. The maximum Gasteiger partial charge on any atom is 0.254 e. The molecule has 1 fully saturated rings. The number of benzene rings is 1. The summed E-state index contributed by atoms with van der Waals surface area (Å²) < 4.78 is 11.2. The van der Waals surface area contributed by atoms with Gasteiger partial charge in [-0.1, -0.05) is 26.0 Å². The lowest BCUT2D eigenvalue weighted by atomic mass is 9.88. The van der Waals surface area contributed by atoms with Crippen LogP contribution in [0.25, 0.3) is 0 Å². The van der Waals surface area contributed by atoms with Gasteiger partial charge in [0.15, 0.2) is 5.89 Å². The van der Waals surface area contributed by atoms with E-state index in [0.29, 0.717) is 37.5 Å². The lowest BCUT2D eigenvalue weighted by Crippen LogP contribution is -2.48. The van der Waals surface area contributed by atoms with Gasteiger partial charge < -0.3 is 19.0 Å². The van der Waals surface area contributed by atoms with Crippen LogP contribution in [0.3, 0.4) is 0 Å². The molecule has 1 aromatic carbocycles. The molecule has 1 saturated heterocycles. The number of nitrogens with one attached hydrogen (secondary N) is 1. The van der Waals surface area contributed by atoms with E-state index in [-0.39, 0.29) is 5.91 Å². The second-order valence-corrected chi connectivity index (χ2v) is 9.29. The molecule has 0 aliphatic carbocycles. The molecule has 0 atom stereocenters. The molecule has 1 aromatic heterocycles. The molecule has 1 spiro atoms. The van der Waals surface area contributed by atoms with Gasteiger partial charge >= 0.3 is 0 Å². The minimum Gasteiger partial charge on any atom is -0.493 e. The van der Waals surface area contributed by atoms with Crippen LogP contribution < -0.4 is 10.1 Å². The molecule has 32 heavy (non-hydrogen) atoms. The topological polar surface area (TPSA) is 83.2 Å². The van der Waals surface area contributed by atoms with Crippen molar-refractivity contribution in [2.75, 3.05) is 26.7 Å². The van der Waals surface area contributed by atoms with Crippen molar-refractivity contribution in [3.05, 3.63) is 47.7 Å². The molecule has 0 radical (unpaired) electrons. The van der Waals surface area contributed by atoms with Crippen LogP contribution in [0.2, 0.25) is 0 Å². The van der Waals surface area contributed by atoms with Crippen LogP contribution in [0, 0.1) is 12.8 Å². The zero-order valence-corrected chi connectivity index (χ0v) is 19.4. The first-order valence-electron chi connectivity index (χ1n) is 11.3. The fourth-order valence-electron chi connectivity index (χ4n) is 4.03. The minimum atomic E-state index is -0.658. The molecule has 2 aliphatic heterocycles. The number of hydrogen-bond donors (Lipinski definition) is 1. The molecule has 0 unspecified atom stereocenters. The van der Waals surface area contributed by atoms with Crippen molar-refractivity contribution in [2.45, 2.75) is 52.2 Å². The first-order valence-corrected chi connectivity index (χ1v) is 11.3. The number of aryl methyl sites for hydroxylation is 1. The number of piperidine rings is 1. The monoisotopic (exact) mass is 439 g/mol. The summed E-state index contributed by atoms with van der Waals surface area (Å²) in [6.07, 6.45) is 3.13. The summed E-state index contributed by atoms with van der Waals surface area (Å²) >= 11 is 0.